The number of piperidine rings is 1. The van der Waals surface area contributed by atoms with E-state index in [4.69, 9.17) is 63.9 Å². The number of carbonyl (C=O) groups excluding carboxylic acids is 8. The smallest absolute Gasteiger partial charge is 0.407 e. The van der Waals surface area contributed by atoms with Crippen LogP contribution in [-0.4, -0.2) is 293 Å². The van der Waals surface area contributed by atoms with Gasteiger partial charge in [0.2, 0.25) is 23.6 Å². The molecule has 15 atom stereocenters. The number of nitrogens with two attached hydrogens (primary N) is 2. The molecule has 5 aliphatic heterocycles. The third-order valence-electron chi connectivity index (χ3n) is 26.5. The predicted molar refractivity (Wildman–Crippen MR) is 502 cm³/mol. The number of nitrogen functional groups attached to an aromatic ring is 1. The Morgan fingerprint density at radius 1 is 0.696 bits per heavy atom. The van der Waals surface area contributed by atoms with Crippen LogP contribution in [0.25, 0.3) is 33.3 Å². The fraction of sp³-hybridized carbons (Fsp3) is 0.571. The number of benzene rings is 1. The zero-order chi connectivity index (χ0) is 95.6. The lowest BCUT2D eigenvalue weighted by Crippen LogP contribution is -2.55. The number of methoxy groups -OCH3 is 3. The molecule has 0 spiro atoms. The van der Waals surface area contributed by atoms with Gasteiger partial charge < -0.3 is 99.2 Å². The van der Waals surface area contributed by atoms with Gasteiger partial charge in [0.25, 0.3) is 11.8 Å². The zero-order valence-electron chi connectivity index (χ0n) is 78.9. The van der Waals surface area contributed by atoms with Crippen LogP contribution in [0.1, 0.15) is 158 Å². The molecule has 1 aliphatic carbocycles. The van der Waals surface area contributed by atoms with Crippen molar-refractivity contribution in [1.29, 1.82) is 0 Å². The Labute approximate surface area is 787 Å². The number of esters is 1. The first-order valence-electron chi connectivity index (χ1n) is 47.3. The summed E-state index contributed by atoms with van der Waals surface area (Å²) in [5.74, 6) is -3.76. The van der Waals surface area contributed by atoms with Crippen molar-refractivity contribution in [1.82, 2.24) is 70.1 Å². The van der Waals surface area contributed by atoms with Crippen LogP contribution in [-0.2, 0) is 102 Å². The molecule has 1 aromatic carbocycles. The van der Waals surface area contributed by atoms with Gasteiger partial charge in [-0.2, -0.15) is 5.10 Å². The summed E-state index contributed by atoms with van der Waals surface area (Å²) in [4.78, 5) is 154. The highest BCUT2D eigenvalue weighted by atomic mass is 16.6. The molecule has 13 rings (SSSR count). The molecule has 0 radical (unpaired) electrons. The van der Waals surface area contributed by atoms with E-state index >= 15 is 0 Å². The van der Waals surface area contributed by atoms with Crippen LogP contribution in [0.15, 0.2) is 121 Å². The third kappa shape index (κ3) is 27.4. The average molecular weight is 1870 g/mol. The normalized spacial score (nSPS) is 26.1. The summed E-state index contributed by atoms with van der Waals surface area (Å²) in [5, 5.41) is 23.9. The fourth-order valence-corrected chi connectivity index (χ4v) is 18.6. The minimum Gasteiger partial charge on any atom is -0.459 e. The maximum atomic E-state index is 14.8. The zero-order valence-corrected chi connectivity index (χ0v) is 78.9. The number of rotatable bonds is 30. The maximum absolute atomic E-state index is 14.8. The number of ether oxygens (including phenoxy) is 10. The number of ketones is 3. The lowest BCUT2D eigenvalue weighted by molar-refractivity contribution is -0.169. The van der Waals surface area contributed by atoms with E-state index in [-0.39, 0.29) is 106 Å². The number of aromatic nitrogens is 10. The Bertz CT molecular complexity index is 5290. The molecule has 11 heterocycles. The molecule has 37 nitrogen and oxygen atoms in total. The molecule has 3 saturated heterocycles. The molecular formula is C98H132N18O19. The van der Waals surface area contributed by atoms with Crippen LogP contribution in [0.3, 0.4) is 0 Å². The van der Waals surface area contributed by atoms with Gasteiger partial charge in [0.1, 0.15) is 65.8 Å². The number of cyclic esters (lactones) is 1. The number of carbonyl (C=O) groups is 8. The van der Waals surface area contributed by atoms with Crippen molar-refractivity contribution in [2.75, 3.05) is 136 Å². The van der Waals surface area contributed by atoms with Gasteiger partial charge in [-0.15, -0.1) is 0 Å². The Hall–Kier alpha value is -11.3. The number of aromatic amines is 1. The number of hydrogen-bond acceptors (Lipinski definition) is 31. The largest absolute Gasteiger partial charge is 0.459 e. The molecule has 6 aliphatic rings. The van der Waals surface area contributed by atoms with Crippen LogP contribution in [0.5, 0.6) is 0 Å². The highest BCUT2D eigenvalue weighted by molar-refractivity contribution is 6.38. The van der Waals surface area contributed by atoms with Crippen molar-refractivity contribution < 1.29 is 90.8 Å². The first-order chi connectivity index (χ1) is 65.3. The van der Waals surface area contributed by atoms with Gasteiger partial charge in [-0.05, 0) is 142 Å². The van der Waals surface area contributed by atoms with E-state index in [0.717, 1.165) is 39.7 Å². The van der Waals surface area contributed by atoms with Gasteiger partial charge >= 0.3 is 12.1 Å². The molecule has 7 aromatic rings. The Morgan fingerprint density at radius 2 is 1.41 bits per heavy atom. The topological polar surface area (TPSA) is 462 Å². The molecule has 1 saturated carbocycles. The standard InChI is InChI=1S/C98H132N18O19/c1-60-15-11-10-12-16-61(2)79(126-7)49-74-22-18-62(3)88(133-74)87(121)94(123)115-29-14-13-17-76(115)95(124)134-80(50-77(117)63(4)44-65(6)86(120)89(128-9)85(119)64(5)43-60)75(99)46-66-20-23-78(81(47-66)127-8)135-98(125)108-53-68-51-104-96(105-52-68)112-31-33-113(34-32-112)97-106-55-73(56-107-97)93(122)102-28-36-130-38-40-132-42-41-131-39-37-129-35-26-82(118)114-30-25-69-45-67(19-21-71(69)58-114)57-116-92-83(90(100)109-59-110-92)84(111-116)72-48-70-24-27-101-91(70)103-54-72/h10-12,15-16,19,21,24,27,44-45,48,51-52,54-56,59-60,62-64,66,74-76,78-81,86,88-89,120H,13-14,17-18,20,22-23,25-26,28-43,46-47,49-50,53,57-58,99H2,1-9H3,(H,101,103)(H,102,122)(H,108,125)(H2,100,109,110)/b12-10+,15-11+,61-16+,65-44+/t60-,62-,63-,64-,66+,74?,75-,76+,78-,79+,80+,81-,86-,88?,89+/m1/s1. The molecule has 4 amide bonds. The minimum atomic E-state index is -1.38. The highest BCUT2D eigenvalue weighted by Crippen LogP contribution is 2.37. The van der Waals surface area contributed by atoms with Gasteiger partial charge in [0.15, 0.2) is 11.4 Å². The van der Waals surface area contributed by atoms with Crippen LogP contribution in [0, 0.1) is 29.6 Å². The number of amides is 4. The minimum absolute atomic E-state index is 0.00905. The second-order valence-corrected chi connectivity index (χ2v) is 36.2. The summed E-state index contributed by atoms with van der Waals surface area (Å²) in [5.41, 5.74) is 22.0. The molecular weight excluding hydrogens is 1730 g/mol. The number of fused-ring (bicyclic) bond motifs is 6. The third-order valence-corrected chi connectivity index (χ3v) is 26.5. The monoisotopic (exact) mass is 1860 g/mol. The number of H-pyrrole nitrogens is 1. The number of hydrogen-bond donors (Lipinski definition) is 6. The van der Waals surface area contributed by atoms with E-state index in [1.54, 1.807) is 52.5 Å². The Balaban J connectivity index is 0.491. The quantitative estimate of drug-likeness (QED) is 0.0106. The summed E-state index contributed by atoms with van der Waals surface area (Å²) < 4.78 is 60.9. The molecule has 8 N–H and O–H groups in total. The van der Waals surface area contributed by atoms with Crippen molar-refractivity contribution in [2.24, 2.45) is 35.3 Å². The Kier molecular flexibility index (Phi) is 37.1. The van der Waals surface area contributed by atoms with Crippen molar-refractivity contribution in [2.45, 2.75) is 212 Å². The lowest BCUT2D eigenvalue weighted by Gasteiger charge is -2.39. The molecule has 2 unspecified atom stereocenters. The van der Waals surface area contributed by atoms with E-state index in [1.807, 2.05) is 88.9 Å². The van der Waals surface area contributed by atoms with E-state index < -0.39 is 90.4 Å². The van der Waals surface area contributed by atoms with Gasteiger partial charge in [0, 0.05) is 165 Å². The van der Waals surface area contributed by atoms with Crippen LogP contribution < -0.4 is 31.9 Å². The maximum Gasteiger partial charge on any atom is 0.407 e. The van der Waals surface area contributed by atoms with Gasteiger partial charge in [-0.25, -0.2) is 49.2 Å². The fourth-order valence-electron chi connectivity index (χ4n) is 18.6. The summed E-state index contributed by atoms with van der Waals surface area (Å²) in [7, 11) is 4.52. The van der Waals surface area contributed by atoms with Gasteiger partial charge in [0.05, 0.1) is 95.1 Å². The van der Waals surface area contributed by atoms with Crippen molar-refractivity contribution in [3.8, 4) is 11.3 Å². The number of piperazine rings is 1. The number of pyridine rings is 1. The molecule has 2 bridgehead atoms. The molecule has 728 valence electrons. The number of Topliss-reactive ketones (excluding diaryl/α,β-unsaturated/α-hetero) is 3. The van der Waals surface area contributed by atoms with Gasteiger partial charge in [-0.3, -0.25) is 28.8 Å². The number of allylic oxidation sites excluding steroid dienone is 6. The van der Waals surface area contributed by atoms with E-state index in [1.165, 1.54) is 43.4 Å². The summed E-state index contributed by atoms with van der Waals surface area (Å²) >= 11 is 0. The summed E-state index contributed by atoms with van der Waals surface area (Å²) in [6.07, 6.45) is 21.0. The van der Waals surface area contributed by atoms with Crippen LogP contribution in [0.4, 0.5) is 22.5 Å². The summed E-state index contributed by atoms with van der Waals surface area (Å²) in [6.45, 7) is 18.0. The van der Waals surface area contributed by atoms with E-state index in [0.29, 0.717) is 194 Å². The van der Waals surface area contributed by atoms with Crippen molar-refractivity contribution in [3.63, 3.8) is 0 Å². The first-order valence-corrected chi connectivity index (χ1v) is 47.3. The number of aliphatic hydroxyl groups excluding tert-OH is 1. The van der Waals surface area contributed by atoms with E-state index in [2.05, 4.69) is 68.7 Å². The average Bonchev–Trinajstić information content (AvgIpc) is 1.61. The molecule has 37 heteroatoms. The number of alkyl carbamates (subject to hydrolysis) is 1. The van der Waals surface area contributed by atoms with Gasteiger partial charge in [-0.1, -0.05) is 82.4 Å². The molecule has 6 aromatic heterocycles. The van der Waals surface area contributed by atoms with Crippen molar-refractivity contribution in [3.05, 3.63) is 149 Å². The van der Waals surface area contributed by atoms with Crippen LogP contribution >= 0.6 is 0 Å². The Morgan fingerprint density at radius 3 is 2.13 bits per heavy atom. The lowest BCUT2D eigenvalue weighted by atomic mass is 9.80. The predicted octanol–water partition coefficient (Wildman–Crippen LogP) is 8.48. The van der Waals surface area contributed by atoms with Crippen LogP contribution in [0.2, 0.25) is 0 Å². The second kappa shape index (κ2) is 49.5. The number of anilines is 3. The summed E-state index contributed by atoms with van der Waals surface area (Å²) in [6, 6.07) is 8.25. The highest BCUT2D eigenvalue weighted by Gasteiger charge is 2.45. The first kappa shape index (κ1) is 101. The number of aliphatic hydroxyl groups is 1. The SMILES string of the molecule is CO[C@H]1CC2CC[C@@H](C)C(O2)C(=O)C(=O)N2CCCC[C@H]2C(=O)O[C@H]([C@H](N)C[C@@H]2CC[C@@H](OC(=O)NCc3cnc(N4CCN(c5ncc(C(=O)NCCOCCOCCOCCOCCC(=O)N6CCc7cc(Cn8nc(-c9cnc%10[nH]ccc%10c9)c9c(N)ncnc98)ccc7C6)cn5)CC4)nc3)[C@H](OC)C2)CC(=O)[C@H](C)/C=C(\C)[C@@H](O)[C@@H](OC)C(=O)[C@H](C)C[C@H](C)/C=C/C=C/C=C/1C. The number of nitrogens with zero attached hydrogens (tertiary/aromatic N) is 13. The number of nitrogens with one attached hydrogen (secondary N) is 3. The second-order valence-electron chi connectivity index (χ2n) is 36.2. The van der Waals surface area contributed by atoms with Crippen molar-refractivity contribution >= 4 is 86.9 Å². The van der Waals surface area contributed by atoms with E-state index in [9.17, 15) is 43.5 Å². The molecule has 4 fully saturated rings. The molecule has 135 heavy (non-hydrogen) atoms.